The Hall–Kier alpha value is -2.10. The maximum atomic E-state index is 12.3. The number of pyridine rings is 1. The molecule has 2 heterocycles. The van der Waals surface area contributed by atoms with Crippen molar-refractivity contribution in [2.24, 2.45) is 11.5 Å². The smallest absolute Gasteiger partial charge is 0.422 e. The van der Waals surface area contributed by atoms with Gasteiger partial charge in [-0.3, -0.25) is 4.98 Å². The highest BCUT2D eigenvalue weighted by Gasteiger charge is 2.32. The summed E-state index contributed by atoms with van der Waals surface area (Å²) in [6.45, 7) is 0.272. The first-order chi connectivity index (χ1) is 12.7. The summed E-state index contributed by atoms with van der Waals surface area (Å²) in [6, 6.07) is 8.68. The molecular formula is C17H16ClF3N4OS. The Morgan fingerprint density at radius 3 is 2.56 bits per heavy atom. The van der Waals surface area contributed by atoms with Gasteiger partial charge in [0, 0.05) is 10.7 Å². The number of alkyl halides is 3. The Kier molecular flexibility index (Phi) is 5.45. The molecule has 3 rings (SSSR count). The number of thioether (sulfide) groups is 1. The van der Waals surface area contributed by atoms with Crippen molar-refractivity contribution < 1.29 is 17.9 Å². The maximum Gasteiger partial charge on any atom is 0.422 e. The van der Waals surface area contributed by atoms with E-state index in [1.807, 2.05) is 0 Å². The second-order valence-corrected chi connectivity index (χ2v) is 7.37. The van der Waals surface area contributed by atoms with Gasteiger partial charge in [0.05, 0.1) is 16.8 Å². The molecule has 0 aliphatic carbocycles. The minimum Gasteiger partial charge on any atom is -0.482 e. The first-order valence-electron chi connectivity index (χ1n) is 7.79. The summed E-state index contributed by atoms with van der Waals surface area (Å²) >= 11 is 7.22. The summed E-state index contributed by atoms with van der Waals surface area (Å²) in [6.07, 6.45) is -3.15. The molecule has 144 valence electrons. The van der Waals surface area contributed by atoms with Gasteiger partial charge in [-0.15, -0.1) is 0 Å². The average Bonchev–Trinajstić information content (AvgIpc) is 2.88. The van der Waals surface area contributed by atoms with Crippen molar-refractivity contribution in [1.29, 1.82) is 0 Å². The van der Waals surface area contributed by atoms with Crippen molar-refractivity contribution in [3.63, 3.8) is 0 Å². The van der Waals surface area contributed by atoms with E-state index in [1.165, 1.54) is 18.0 Å². The molecule has 2 aromatic rings. The SMILES string of the molecule is Cc1cc(C2=C(N)N(c3ccc(Cl)cc3)C(N)S2)ncc1OCC(F)(F)F. The van der Waals surface area contributed by atoms with E-state index < -0.39 is 18.3 Å². The lowest BCUT2D eigenvalue weighted by Gasteiger charge is -2.23. The number of nitrogens with zero attached hydrogens (tertiary/aromatic N) is 2. The van der Waals surface area contributed by atoms with Gasteiger partial charge in [-0.2, -0.15) is 13.2 Å². The molecule has 27 heavy (non-hydrogen) atoms. The van der Waals surface area contributed by atoms with Gasteiger partial charge in [-0.1, -0.05) is 23.4 Å². The molecule has 0 radical (unpaired) electrons. The molecule has 0 saturated heterocycles. The molecule has 1 aliphatic heterocycles. The van der Waals surface area contributed by atoms with Crippen LogP contribution in [0, 0.1) is 6.92 Å². The topological polar surface area (TPSA) is 77.4 Å². The van der Waals surface area contributed by atoms with Crippen LogP contribution in [0.1, 0.15) is 11.3 Å². The third kappa shape index (κ3) is 4.42. The molecule has 4 N–H and O–H groups in total. The lowest BCUT2D eigenvalue weighted by molar-refractivity contribution is -0.153. The Morgan fingerprint density at radius 1 is 1.30 bits per heavy atom. The largest absolute Gasteiger partial charge is 0.482 e. The van der Waals surface area contributed by atoms with Gasteiger partial charge in [-0.05, 0) is 42.8 Å². The average molecular weight is 417 g/mol. The molecule has 5 nitrogen and oxygen atoms in total. The fraction of sp³-hybridized carbons (Fsp3) is 0.235. The van der Waals surface area contributed by atoms with Gasteiger partial charge >= 0.3 is 6.18 Å². The van der Waals surface area contributed by atoms with Crippen molar-refractivity contribution >= 4 is 34.0 Å². The third-order valence-corrected chi connectivity index (χ3v) is 5.14. The molecule has 0 amide bonds. The van der Waals surface area contributed by atoms with Crippen molar-refractivity contribution in [3.8, 4) is 5.75 Å². The Bertz CT molecular complexity index is 873. The van der Waals surface area contributed by atoms with Crippen LogP contribution >= 0.6 is 23.4 Å². The molecule has 1 aliphatic rings. The van der Waals surface area contributed by atoms with Crippen LogP contribution in [0.2, 0.25) is 5.02 Å². The minimum absolute atomic E-state index is 0.0668. The lowest BCUT2D eigenvalue weighted by atomic mass is 10.2. The lowest BCUT2D eigenvalue weighted by Crippen LogP contribution is -2.37. The van der Waals surface area contributed by atoms with Crippen LogP contribution in [-0.4, -0.2) is 23.3 Å². The third-order valence-electron chi connectivity index (χ3n) is 3.78. The van der Waals surface area contributed by atoms with Crippen molar-refractivity contribution in [1.82, 2.24) is 4.98 Å². The summed E-state index contributed by atoms with van der Waals surface area (Å²) in [7, 11) is 0. The molecule has 1 aromatic carbocycles. The van der Waals surface area contributed by atoms with E-state index in [-0.39, 0.29) is 5.75 Å². The summed E-state index contributed by atoms with van der Waals surface area (Å²) in [5.74, 6) is 0.475. The highest BCUT2D eigenvalue weighted by molar-refractivity contribution is 8.09. The molecular weight excluding hydrogens is 401 g/mol. The monoisotopic (exact) mass is 416 g/mol. The number of ether oxygens (including phenoxy) is 1. The van der Waals surface area contributed by atoms with Crippen molar-refractivity contribution in [2.75, 3.05) is 11.5 Å². The molecule has 1 unspecified atom stereocenters. The second-order valence-electron chi connectivity index (χ2n) is 5.81. The zero-order valence-corrected chi connectivity index (χ0v) is 15.7. The summed E-state index contributed by atoms with van der Waals surface area (Å²) in [5.41, 5.74) is 13.8. The normalized spacial score (nSPS) is 17.6. The Morgan fingerprint density at radius 2 is 1.96 bits per heavy atom. The molecule has 0 spiro atoms. The molecule has 0 saturated carbocycles. The number of halogens is 4. The number of anilines is 1. The minimum atomic E-state index is -4.41. The zero-order chi connectivity index (χ0) is 19.8. The van der Waals surface area contributed by atoms with Crippen LogP contribution in [0.4, 0.5) is 18.9 Å². The van der Waals surface area contributed by atoms with Crippen molar-refractivity contribution in [2.45, 2.75) is 18.6 Å². The molecule has 10 heteroatoms. The van der Waals surface area contributed by atoms with E-state index in [1.54, 1.807) is 42.2 Å². The standard InChI is InChI=1S/C17H16ClF3N4OS/c1-9-6-12(24-7-13(9)26-8-17(19,20)21)14-15(22)25(16(23)27-14)11-4-2-10(18)3-5-11/h2-7,16H,8,22-23H2,1H3. The number of nitrogens with two attached hydrogens (primary N) is 2. The predicted octanol–water partition coefficient (Wildman–Crippen LogP) is 4.07. The summed E-state index contributed by atoms with van der Waals surface area (Å²) in [4.78, 5) is 6.57. The Labute approximate surface area is 163 Å². The second kappa shape index (κ2) is 7.49. The van der Waals surface area contributed by atoms with Crippen LogP contribution in [0.15, 0.2) is 42.3 Å². The van der Waals surface area contributed by atoms with Crippen molar-refractivity contribution in [3.05, 3.63) is 58.6 Å². The van der Waals surface area contributed by atoms with Crippen LogP contribution < -0.4 is 21.1 Å². The number of aromatic nitrogens is 1. The maximum absolute atomic E-state index is 12.3. The van der Waals surface area contributed by atoms with Gasteiger partial charge in [0.2, 0.25) is 0 Å². The van der Waals surface area contributed by atoms with Gasteiger partial charge < -0.3 is 21.1 Å². The Balaban J connectivity index is 1.87. The van der Waals surface area contributed by atoms with Crippen LogP contribution in [0.3, 0.4) is 0 Å². The first kappa shape index (κ1) is 19.7. The fourth-order valence-electron chi connectivity index (χ4n) is 2.54. The number of hydrogen-bond acceptors (Lipinski definition) is 6. The molecule has 1 atom stereocenters. The van der Waals surface area contributed by atoms with E-state index in [4.69, 9.17) is 27.8 Å². The van der Waals surface area contributed by atoms with E-state index >= 15 is 0 Å². The van der Waals surface area contributed by atoms with Gasteiger partial charge in [0.25, 0.3) is 0 Å². The summed E-state index contributed by atoms with van der Waals surface area (Å²) < 4.78 is 41.7. The van der Waals surface area contributed by atoms with E-state index in [0.717, 1.165) is 5.69 Å². The van der Waals surface area contributed by atoms with Crippen LogP contribution in [0.5, 0.6) is 5.75 Å². The van der Waals surface area contributed by atoms with Gasteiger partial charge in [0.1, 0.15) is 17.1 Å². The van der Waals surface area contributed by atoms with Gasteiger partial charge in [-0.25, -0.2) is 0 Å². The van der Waals surface area contributed by atoms with Crippen LogP contribution in [0.25, 0.3) is 4.91 Å². The number of hydrogen-bond donors (Lipinski definition) is 2. The number of rotatable bonds is 4. The number of aryl methyl sites for hydroxylation is 1. The zero-order valence-electron chi connectivity index (χ0n) is 14.1. The van der Waals surface area contributed by atoms with E-state index in [9.17, 15) is 13.2 Å². The quantitative estimate of drug-likeness (QED) is 0.782. The number of benzene rings is 1. The highest BCUT2D eigenvalue weighted by atomic mass is 35.5. The molecule has 0 bridgehead atoms. The summed E-state index contributed by atoms with van der Waals surface area (Å²) in [5, 5.41) is 0.591. The molecule has 1 aromatic heterocycles. The molecule has 0 fully saturated rings. The van der Waals surface area contributed by atoms with E-state index in [2.05, 4.69) is 4.98 Å². The fourth-order valence-corrected chi connectivity index (χ4v) is 3.70. The van der Waals surface area contributed by atoms with E-state index in [0.29, 0.717) is 27.0 Å². The van der Waals surface area contributed by atoms with Gasteiger partial charge in [0.15, 0.2) is 6.61 Å². The van der Waals surface area contributed by atoms with Crippen LogP contribution in [-0.2, 0) is 0 Å². The highest BCUT2D eigenvalue weighted by Crippen LogP contribution is 2.42. The first-order valence-corrected chi connectivity index (χ1v) is 9.05. The predicted molar refractivity (Wildman–Crippen MR) is 101 cm³/mol.